The molecule has 1 heterocycles. The van der Waals surface area contributed by atoms with E-state index in [1.54, 1.807) is 19.4 Å². The Kier molecular flexibility index (Phi) is 9.81. The lowest BCUT2D eigenvalue weighted by Gasteiger charge is -2.44. The van der Waals surface area contributed by atoms with Gasteiger partial charge in [0.2, 0.25) is 11.8 Å². The van der Waals surface area contributed by atoms with Crippen LogP contribution in [0.15, 0.2) is 59.7 Å². The SMILES string of the molecule is C=C(OC(=NC)C1(NC[C@@H]2CC[C@@H](F)Cc3cc(-c4ccnc(N/C(=C/NC)CN)n4)ccc32)CCC1)C(C)(C)C. The third kappa shape index (κ3) is 7.32. The van der Waals surface area contributed by atoms with E-state index in [9.17, 15) is 0 Å². The lowest BCUT2D eigenvalue weighted by molar-refractivity contribution is 0.193. The summed E-state index contributed by atoms with van der Waals surface area (Å²) in [6.07, 6.45) is 7.38. The van der Waals surface area contributed by atoms with Crippen molar-refractivity contribution in [3.8, 4) is 11.3 Å². The number of halogens is 1. The van der Waals surface area contributed by atoms with Crippen molar-refractivity contribution in [3.63, 3.8) is 0 Å². The predicted octanol–water partition coefficient (Wildman–Crippen LogP) is 5.45. The first-order valence-corrected chi connectivity index (χ1v) is 14.6. The summed E-state index contributed by atoms with van der Waals surface area (Å²) in [7, 11) is 3.59. The van der Waals surface area contributed by atoms with Crippen LogP contribution in [0.2, 0.25) is 0 Å². The quantitative estimate of drug-likeness (QED) is 0.132. The number of ether oxygens (including phenoxy) is 1. The number of anilines is 1. The predicted molar refractivity (Wildman–Crippen MR) is 165 cm³/mol. The van der Waals surface area contributed by atoms with Gasteiger partial charge in [0.15, 0.2) is 0 Å². The van der Waals surface area contributed by atoms with E-state index >= 15 is 4.39 Å². The minimum absolute atomic E-state index is 0.175. The summed E-state index contributed by atoms with van der Waals surface area (Å²) < 4.78 is 21.3. The normalized spacial score (nSPS) is 20.9. The molecule has 1 aromatic carbocycles. The van der Waals surface area contributed by atoms with Crippen LogP contribution in [0.25, 0.3) is 11.3 Å². The molecule has 0 spiro atoms. The topological polar surface area (TPSA) is 109 Å². The number of hydrogen-bond donors (Lipinski definition) is 4. The minimum atomic E-state index is -0.876. The van der Waals surface area contributed by atoms with Crippen molar-refractivity contribution in [2.45, 2.75) is 76.9 Å². The number of rotatable bonds is 10. The largest absolute Gasteiger partial charge is 0.446 e. The van der Waals surface area contributed by atoms with Crippen LogP contribution in [-0.4, -0.2) is 54.8 Å². The van der Waals surface area contributed by atoms with Gasteiger partial charge in [-0.2, -0.15) is 0 Å². The van der Waals surface area contributed by atoms with Gasteiger partial charge in [-0.1, -0.05) is 39.5 Å². The molecule has 4 rings (SSSR count). The number of benzene rings is 1. The number of alkyl halides is 1. The summed E-state index contributed by atoms with van der Waals surface area (Å²) >= 11 is 0. The Morgan fingerprint density at radius 3 is 2.68 bits per heavy atom. The maximum Gasteiger partial charge on any atom is 0.227 e. The van der Waals surface area contributed by atoms with E-state index in [-0.39, 0.29) is 16.9 Å². The Hall–Kier alpha value is -3.30. The summed E-state index contributed by atoms with van der Waals surface area (Å²) in [5.41, 5.74) is 10.0. The molecule has 0 aliphatic heterocycles. The molecule has 2 aliphatic rings. The zero-order chi connectivity index (χ0) is 29.6. The molecule has 8 nitrogen and oxygen atoms in total. The first-order valence-electron chi connectivity index (χ1n) is 14.6. The lowest BCUT2D eigenvalue weighted by Crippen LogP contribution is -2.58. The van der Waals surface area contributed by atoms with Crippen LogP contribution in [-0.2, 0) is 11.2 Å². The number of nitrogens with one attached hydrogen (secondary N) is 3. The van der Waals surface area contributed by atoms with Crippen molar-refractivity contribution in [3.05, 3.63) is 65.8 Å². The van der Waals surface area contributed by atoms with E-state index in [0.717, 1.165) is 54.7 Å². The molecule has 1 saturated carbocycles. The molecule has 41 heavy (non-hydrogen) atoms. The van der Waals surface area contributed by atoms with E-state index in [2.05, 4.69) is 71.5 Å². The Bertz CT molecular complexity index is 1280. The molecule has 2 aromatic rings. The van der Waals surface area contributed by atoms with Gasteiger partial charge < -0.3 is 26.4 Å². The monoisotopic (exact) mass is 563 g/mol. The Morgan fingerprint density at radius 2 is 2.05 bits per heavy atom. The molecule has 2 aliphatic carbocycles. The second-order valence-electron chi connectivity index (χ2n) is 12.2. The molecule has 0 amide bonds. The van der Waals surface area contributed by atoms with Gasteiger partial charge in [-0.05, 0) is 61.3 Å². The number of nitrogens with two attached hydrogens (primary N) is 1. The Labute approximate surface area is 244 Å². The maximum atomic E-state index is 15.0. The summed E-state index contributed by atoms with van der Waals surface area (Å²) in [5, 5.41) is 9.94. The fourth-order valence-electron chi connectivity index (χ4n) is 5.42. The first kappa shape index (κ1) is 30.7. The fourth-order valence-corrected chi connectivity index (χ4v) is 5.42. The minimum Gasteiger partial charge on any atom is -0.446 e. The zero-order valence-corrected chi connectivity index (χ0v) is 25.2. The van der Waals surface area contributed by atoms with Crippen LogP contribution in [0, 0.1) is 5.41 Å². The summed E-state index contributed by atoms with van der Waals surface area (Å²) in [5.74, 6) is 2.05. The van der Waals surface area contributed by atoms with Crippen molar-refractivity contribution in [1.29, 1.82) is 0 Å². The summed E-state index contributed by atoms with van der Waals surface area (Å²) in [6.45, 7) is 11.5. The van der Waals surface area contributed by atoms with Crippen LogP contribution < -0.4 is 21.7 Å². The van der Waals surface area contributed by atoms with Gasteiger partial charge >= 0.3 is 0 Å². The van der Waals surface area contributed by atoms with Gasteiger partial charge in [0.05, 0.1) is 11.2 Å². The van der Waals surface area contributed by atoms with E-state index in [4.69, 9.17) is 15.5 Å². The first-order chi connectivity index (χ1) is 19.6. The second-order valence-corrected chi connectivity index (χ2v) is 12.2. The van der Waals surface area contributed by atoms with Crippen molar-refractivity contribution >= 4 is 11.8 Å². The molecule has 1 fully saturated rings. The highest BCUT2D eigenvalue weighted by Crippen LogP contribution is 2.39. The van der Waals surface area contributed by atoms with Crippen molar-refractivity contribution < 1.29 is 9.13 Å². The maximum absolute atomic E-state index is 15.0. The van der Waals surface area contributed by atoms with Crippen molar-refractivity contribution in [2.75, 3.05) is 32.5 Å². The van der Waals surface area contributed by atoms with Gasteiger partial charge in [0.1, 0.15) is 11.9 Å². The van der Waals surface area contributed by atoms with Gasteiger partial charge in [0.25, 0.3) is 0 Å². The van der Waals surface area contributed by atoms with Crippen LogP contribution >= 0.6 is 0 Å². The average Bonchev–Trinajstić information content (AvgIpc) is 3.08. The standard InChI is InChI=1S/C32H46FN7O/c1-21(31(2,3)4)41-29(36-6)32(13-7-14-32)38-19-23-8-10-25(33)17-24-16-22(9-11-27(23)24)28-12-15-37-30(40-28)39-26(18-34)20-35-5/h9,11-12,15-16,20,23,25,35,38H,1,7-8,10,13-14,17-19,34H2,2-6H3,(H,37,39,40)/b26-20+,36-29?/t23-,25+/m0/s1. The molecule has 2 atom stereocenters. The average molecular weight is 564 g/mol. The van der Waals surface area contributed by atoms with Crippen molar-refractivity contribution in [1.82, 2.24) is 20.6 Å². The fraction of sp³-hybridized carbons (Fsp3) is 0.531. The van der Waals surface area contributed by atoms with Crippen LogP contribution in [0.5, 0.6) is 0 Å². The van der Waals surface area contributed by atoms with Gasteiger partial charge in [0, 0.05) is 62.7 Å². The number of aliphatic imine (C=N–C) groups is 1. The molecule has 5 N–H and O–H groups in total. The van der Waals surface area contributed by atoms with Crippen molar-refractivity contribution in [2.24, 2.45) is 16.1 Å². The van der Waals surface area contributed by atoms with Gasteiger partial charge in [-0.3, -0.25) is 4.99 Å². The van der Waals surface area contributed by atoms with E-state index in [1.165, 1.54) is 5.56 Å². The van der Waals surface area contributed by atoms with Crippen LogP contribution in [0.3, 0.4) is 0 Å². The van der Waals surface area contributed by atoms with Crippen LogP contribution in [0.4, 0.5) is 10.3 Å². The highest BCUT2D eigenvalue weighted by Gasteiger charge is 2.44. The third-order valence-corrected chi connectivity index (χ3v) is 8.18. The summed E-state index contributed by atoms with van der Waals surface area (Å²) in [4.78, 5) is 13.6. The van der Waals surface area contributed by atoms with Gasteiger partial charge in [-0.25, -0.2) is 14.4 Å². The van der Waals surface area contributed by atoms with E-state index in [0.29, 0.717) is 37.0 Å². The molecular formula is C32H46FN7O. The number of fused-ring (bicyclic) bond motifs is 1. The Morgan fingerprint density at radius 1 is 1.27 bits per heavy atom. The number of nitrogens with zero attached hydrogens (tertiary/aromatic N) is 3. The molecule has 0 unspecified atom stereocenters. The third-order valence-electron chi connectivity index (χ3n) is 8.18. The number of hydrogen-bond acceptors (Lipinski definition) is 8. The molecule has 0 saturated heterocycles. The molecular weight excluding hydrogens is 517 g/mol. The molecule has 222 valence electrons. The lowest BCUT2D eigenvalue weighted by atomic mass is 9.75. The smallest absolute Gasteiger partial charge is 0.227 e. The van der Waals surface area contributed by atoms with Crippen LogP contribution in [0.1, 0.15) is 69.9 Å². The molecule has 1 aromatic heterocycles. The zero-order valence-electron chi connectivity index (χ0n) is 25.2. The molecule has 0 bridgehead atoms. The molecule has 9 heteroatoms. The number of allylic oxidation sites excluding steroid dienone is 1. The van der Waals surface area contributed by atoms with E-state index in [1.807, 2.05) is 13.1 Å². The highest BCUT2D eigenvalue weighted by molar-refractivity contribution is 5.88. The number of aromatic nitrogens is 2. The Balaban J connectivity index is 1.54. The summed E-state index contributed by atoms with van der Waals surface area (Å²) in [6, 6.07) is 8.19. The highest BCUT2D eigenvalue weighted by atomic mass is 19.1. The van der Waals surface area contributed by atoms with E-state index < -0.39 is 6.17 Å². The second kappa shape index (κ2) is 13.1. The van der Waals surface area contributed by atoms with Gasteiger partial charge in [-0.15, -0.1) is 0 Å². The molecule has 0 radical (unpaired) electrons.